The molecule has 1 amide bonds. The van der Waals surface area contributed by atoms with Crippen molar-refractivity contribution in [2.24, 2.45) is 5.41 Å². The number of likely N-dealkylation sites (tertiary alicyclic amines) is 1. The topological polar surface area (TPSA) is 56.6 Å². The van der Waals surface area contributed by atoms with E-state index in [1.54, 1.807) is 4.90 Å². The standard InChI is InChI=1S/C22H35F2N3O3Si/c1-21(2,3)30-20(28)26-13-22(14-26)11-16(12-22)9-17-10-18(19(23)24)25-27(17)15-29-7-8-31(4,5)6/h9-10,19H,7-8,11-15H2,1-6H3. The molecular formula is C22H35F2N3O3Si. The van der Waals surface area contributed by atoms with Crippen LogP contribution in [0.4, 0.5) is 13.6 Å². The molecule has 3 rings (SSSR count). The zero-order chi connectivity index (χ0) is 23.0. The number of alkyl halides is 2. The van der Waals surface area contributed by atoms with Crippen LogP contribution in [-0.2, 0) is 16.2 Å². The zero-order valence-corrected chi connectivity index (χ0v) is 20.5. The summed E-state index contributed by atoms with van der Waals surface area (Å²) in [6.07, 6.45) is 0.783. The number of aromatic nitrogens is 2. The van der Waals surface area contributed by atoms with Gasteiger partial charge >= 0.3 is 6.09 Å². The van der Waals surface area contributed by atoms with E-state index in [0.29, 0.717) is 25.4 Å². The van der Waals surface area contributed by atoms with Crippen molar-refractivity contribution in [1.82, 2.24) is 14.7 Å². The van der Waals surface area contributed by atoms with E-state index in [0.717, 1.165) is 18.9 Å². The zero-order valence-electron chi connectivity index (χ0n) is 19.5. The minimum atomic E-state index is -2.61. The molecule has 31 heavy (non-hydrogen) atoms. The molecule has 0 N–H and O–H groups in total. The normalized spacial score (nSPS) is 18.2. The molecule has 1 saturated heterocycles. The first-order valence-electron chi connectivity index (χ1n) is 10.9. The summed E-state index contributed by atoms with van der Waals surface area (Å²) in [5.74, 6) is 0. The molecule has 1 aliphatic heterocycles. The number of ether oxygens (including phenoxy) is 2. The Kier molecular flexibility index (Phi) is 6.67. The van der Waals surface area contributed by atoms with Gasteiger partial charge in [0.15, 0.2) is 0 Å². The number of hydrogen-bond acceptors (Lipinski definition) is 4. The Morgan fingerprint density at radius 2 is 1.94 bits per heavy atom. The Bertz CT molecular complexity index is 824. The quantitative estimate of drug-likeness (QED) is 0.400. The first-order chi connectivity index (χ1) is 14.3. The Balaban J connectivity index is 1.56. The molecule has 2 heterocycles. The molecule has 0 aromatic carbocycles. The molecule has 2 fully saturated rings. The predicted molar refractivity (Wildman–Crippen MR) is 119 cm³/mol. The van der Waals surface area contributed by atoms with E-state index in [-0.39, 0.29) is 23.9 Å². The molecule has 174 valence electrons. The van der Waals surface area contributed by atoms with E-state index in [2.05, 4.69) is 24.7 Å². The van der Waals surface area contributed by atoms with Crippen LogP contribution in [0.2, 0.25) is 25.7 Å². The van der Waals surface area contributed by atoms with Crippen molar-refractivity contribution in [2.75, 3.05) is 19.7 Å². The van der Waals surface area contributed by atoms with Gasteiger partial charge in [-0.2, -0.15) is 5.10 Å². The van der Waals surface area contributed by atoms with E-state index in [1.807, 2.05) is 26.8 Å². The van der Waals surface area contributed by atoms with Crippen LogP contribution in [0.15, 0.2) is 11.6 Å². The molecule has 1 spiro atoms. The van der Waals surface area contributed by atoms with Gasteiger partial charge in [0.1, 0.15) is 18.0 Å². The molecule has 6 nitrogen and oxygen atoms in total. The van der Waals surface area contributed by atoms with E-state index >= 15 is 0 Å². The van der Waals surface area contributed by atoms with Crippen LogP contribution in [0.5, 0.6) is 0 Å². The van der Waals surface area contributed by atoms with Gasteiger partial charge in [-0.1, -0.05) is 25.2 Å². The average molecular weight is 456 g/mol. The van der Waals surface area contributed by atoms with Crippen LogP contribution in [0, 0.1) is 5.41 Å². The summed E-state index contributed by atoms with van der Waals surface area (Å²) in [7, 11) is -1.21. The number of rotatable bonds is 7. The van der Waals surface area contributed by atoms with Crippen LogP contribution in [0.25, 0.3) is 6.08 Å². The highest BCUT2D eigenvalue weighted by atomic mass is 28.3. The van der Waals surface area contributed by atoms with Crippen LogP contribution >= 0.6 is 0 Å². The summed E-state index contributed by atoms with van der Waals surface area (Å²) < 4.78 is 39.0. The number of hydrogen-bond donors (Lipinski definition) is 0. The minimum absolute atomic E-state index is 0.104. The van der Waals surface area contributed by atoms with Gasteiger partial charge in [-0.05, 0) is 51.8 Å². The molecule has 1 saturated carbocycles. The fourth-order valence-corrected chi connectivity index (χ4v) is 4.73. The minimum Gasteiger partial charge on any atom is -0.444 e. The second-order valence-corrected chi connectivity index (χ2v) is 16.8. The predicted octanol–water partition coefficient (Wildman–Crippen LogP) is 5.55. The van der Waals surface area contributed by atoms with Crippen LogP contribution in [-0.4, -0.2) is 54.1 Å². The maximum atomic E-state index is 13.2. The lowest BCUT2D eigenvalue weighted by Gasteiger charge is -2.56. The van der Waals surface area contributed by atoms with Crippen molar-refractivity contribution in [3.8, 4) is 0 Å². The third kappa shape index (κ3) is 6.38. The summed E-state index contributed by atoms with van der Waals surface area (Å²) in [6, 6.07) is 2.46. The number of halogens is 2. The lowest BCUT2D eigenvalue weighted by atomic mass is 9.60. The van der Waals surface area contributed by atoms with Crippen molar-refractivity contribution in [3.63, 3.8) is 0 Å². The highest BCUT2D eigenvalue weighted by molar-refractivity contribution is 6.76. The highest BCUT2D eigenvalue weighted by Gasteiger charge is 2.52. The SMILES string of the molecule is CC(C)(C)OC(=O)N1CC2(CC(=Cc3cc(C(F)F)nn3COCC[Si](C)(C)C)C2)C1. The lowest BCUT2D eigenvalue weighted by molar-refractivity contribution is -0.0499. The fraction of sp³-hybridized carbons (Fsp3) is 0.727. The molecular weight excluding hydrogens is 420 g/mol. The largest absolute Gasteiger partial charge is 0.444 e. The molecule has 9 heteroatoms. The number of amides is 1. The van der Waals surface area contributed by atoms with Gasteiger partial charge in [0, 0.05) is 33.2 Å². The third-order valence-electron chi connectivity index (χ3n) is 5.52. The summed E-state index contributed by atoms with van der Waals surface area (Å²) in [6.45, 7) is 14.5. The van der Waals surface area contributed by atoms with Crippen LogP contribution < -0.4 is 0 Å². The van der Waals surface area contributed by atoms with Crippen LogP contribution in [0.1, 0.15) is 51.4 Å². The van der Waals surface area contributed by atoms with Crippen molar-refractivity contribution >= 4 is 20.2 Å². The highest BCUT2D eigenvalue weighted by Crippen LogP contribution is 2.52. The molecule has 2 aliphatic rings. The number of carbonyl (C=O) groups excluding carboxylic acids is 1. The monoisotopic (exact) mass is 455 g/mol. The number of nitrogens with zero attached hydrogens (tertiary/aromatic N) is 3. The van der Waals surface area contributed by atoms with Crippen molar-refractivity contribution < 1.29 is 23.0 Å². The van der Waals surface area contributed by atoms with E-state index in [1.165, 1.54) is 16.3 Å². The smallest absolute Gasteiger partial charge is 0.410 e. The molecule has 1 aromatic rings. The maximum Gasteiger partial charge on any atom is 0.410 e. The molecule has 0 atom stereocenters. The number of allylic oxidation sites excluding steroid dienone is 1. The van der Waals surface area contributed by atoms with Gasteiger partial charge in [0.2, 0.25) is 0 Å². The van der Waals surface area contributed by atoms with Gasteiger partial charge in [0.25, 0.3) is 6.43 Å². The molecule has 0 bridgehead atoms. The summed E-state index contributed by atoms with van der Waals surface area (Å²) in [5.41, 5.74) is 1.22. The fourth-order valence-electron chi connectivity index (χ4n) is 3.97. The lowest BCUT2D eigenvalue weighted by Crippen LogP contribution is -2.62. The Morgan fingerprint density at radius 1 is 1.29 bits per heavy atom. The molecule has 1 aromatic heterocycles. The van der Waals surface area contributed by atoms with Crippen molar-refractivity contribution in [1.29, 1.82) is 0 Å². The van der Waals surface area contributed by atoms with Gasteiger partial charge < -0.3 is 14.4 Å². The summed E-state index contributed by atoms with van der Waals surface area (Å²) in [4.78, 5) is 13.9. The van der Waals surface area contributed by atoms with Crippen LogP contribution in [0.3, 0.4) is 0 Å². The van der Waals surface area contributed by atoms with Crippen molar-refractivity contribution in [2.45, 2.75) is 78.1 Å². The van der Waals surface area contributed by atoms with Gasteiger partial charge in [0.05, 0.1) is 5.69 Å². The van der Waals surface area contributed by atoms with E-state index < -0.39 is 20.1 Å². The van der Waals surface area contributed by atoms with Gasteiger partial charge in [-0.15, -0.1) is 0 Å². The van der Waals surface area contributed by atoms with E-state index in [9.17, 15) is 13.6 Å². The van der Waals surface area contributed by atoms with E-state index in [4.69, 9.17) is 9.47 Å². The first kappa shape index (κ1) is 23.9. The number of carbonyl (C=O) groups is 1. The molecule has 1 aliphatic carbocycles. The maximum absolute atomic E-state index is 13.2. The molecule has 0 radical (unpaired) electrons. The Hall–Kier alpha value is -1.74. The Labute approximate surface area is 184 Å². The second kappa shape index (κ2) is 8.65. The molecule has 0 unspecified atom stereocenters. The summed E-state index contributed by atoms with van der Waals surface area (Å²) in [5, 5.41) is 4.03. The second-order valence-electron chi connectivity index (χ2n) is 11.1. The Morgan fingerprint density at radius 3 is 2.48 bits per heavy atom. The summed E-state index contributed by atoms with van der Waals surface area (Å²) >= 11 is 0. The average Bonchev–Trinajstić information content (AvgIpc) is 2.93. The van der Waals surface area contributed by atoms with Gasteiger partial charge in [-0.25, -0.2) is 18.3 Å². The van der Waals surface area contributed by atoms with Gasteiger partial charge in [-0.3, -0.25) is 0 Å². The van der Waals surface area contributed by atoms with Crippen molar-refractivity contribution in [3.05, 3.63) is 23.0 Å². The third-order valence-corrected chi connectivity index (χ3v) is 7.23. The first-order valence-corrected chi connectivity index (χ1v) is 14.6.